The number of hydrogen-bond acceptors (Lipinski definition) is 6. The molecule has 0 aliphatic carbocycles. The first kappa shape index (κ1) is 19.1. The lowest BCUT2D eigenvalue weighted by molar-refractivity contribution is -0.385. The van der Waals surface area contributed by atoms with Gasteiger partial charge >= 0.3 is 5.69 Å². The summed E-state index contributed by atoms with van der Waals surface area (Å²) in [6, 6.07) is 5.78. The predicted molar refractivity (Wildman–Crippen MR) is 89.1 cm³/mol. The molecule has 0 atom stereocenters. The van der Waals surface area contributed by atoms with Crippen LogP contribution in [0.15, 0.2) is 41.3 Å². The molecule has 0 N–H and O–H groups in total. The molecule has 1 fully saturated rings. The van der Waals surface area contributed by atoms with Crippen LogP contribution < -0.4 is 4.74 Å². The zero-order valence-electron chi connectivity index (χ0n) is 13.8. The van der Waals surface area contributed by atoms with Gasteiger partial charge in [0.2, 0.25) is 15.8 Å². The molecule has 0 unspecified atom stereocenters. The van der Waals surface area contributed by atoms with E-state index < -0.39 is 32.3 Å². The number of morpholine rings is 1. The Morgan fingerprint density at radius 2 is 1.78 bits per heavy atom. The Morgan fingerprint density at radius 1 is 1.07 bits per heavy atom. The lowest BCUT2D eigenvalue weighted by Crippen LogP contribution is -2.40. The molecule has 0 bridgehead atoms. The van der Waals surface area contributed by atoms with E-state index in [1.807, 2.05) is 0 Å². The SMILES string of the molecule is O=[N+]([O-])c1cc(S(=O)(=O)N2CCOCC2)ccc1Oc1ccc(F)c(F)c1. The summed E-state index contributed by atoms with van der Waals surface area (Å²) in [4.78, 5) is 10.3. The smallest absolute Gasteiger partial charge is 0.312 e. The number of nitro groups is 1. The Bertz CT molecular complexity index is 977. The Balaban J connectivity index is 1.95. The van der Waals surface area contributed by atoms with Crippen LogP contribution in [0.1, 0.15) is 0 Å². The summed E-state index contributed by atoms with van der Waals surface area (Å²) in [5, 5.41) is 11.4. The van der Waals surface area contributed by atoms with Gasteiger partial charge in [-0.2, -0.15) is 4.31 Å². The first-order valence-corrected chi connectivity index (χ1v) is 9.22. The fourth-order valence-corrected chi connectivity index (χ4v) is 3.92. The summed E-state index contributed by atoms with van der Waals surface area (Å²) in [6.07, 6.45) is 0. The minimum atomic E-state index is -3.94. The minimum absolute atomic E-state index is 0.142. The number of halogens is 2. The Morgan fingerprint density at radius 3 is 2.41 bits per heavy atom. The molecular formula is C16H14F2N2O6S. The third-order valence-corrected chi connectivity index (χ3v) is 5.75. The van der Waals surface area contributed by atoms with Crippen molar-refractivity contribution in [3.05, 3.63) is 58.1 Å². The number of hydrogen-bond donors (Lipinski definition) is 0. The summed E-state index contributed by atoms with van der Waals surface area (Å²) in [5.74, 6) is -2.74. The topological polar surface area (TPSA) is 99.0 Å². The van der Waals surface area contributed by atoms with Crippen LogP contribution in [-0.2, 0) is 14.8 Å². The highest BCUT2D eigenvalue weighted by Gasteiger charge is 2.29. The van der Waals surface area contributed by atoms with Gasteiger partial charge in [0, 0.05) is 25.2 Å². The second kappa shape index (κ2) is 7.55. The van der Waals surface area contributed by atoms with Crippen molar-refractivity contribution in [3.63, 3.8) is 0 Å². The van der Waals surface area contributed by atoms with E-state index in [-0.39, 0.29) is 42.7 Å². The summed E-state index contributed by atoms with van der Waals surface area (Å²) < 4.78 is 63.0. The summed E-state index contributed by atoms with van der Waals surface area (Å²) >= 11 is 0. The molecule has 3 rings (SSSR count). The third kappa shape index (κ3) is 4.04. The van der Waals surface area contributed by atoms with E-state index in [9.17, 15) is 27.3 Å². The van der Waals surface area contributed by atoms with Crippen molar-refractivity contribution < 1.29 is 31.6 Å². The van der Waals surface area contributed by atoms with Gasteiger partial charge in [0.15, 0.2) is 11.6 Å². The van der Waals surface area contributed by atoms with Crippen molar-refractivity contribution >= 4 is 15.7 Å². The van der Waals surface area contributed by atoms with Gasteiger partial charge in [-0.1, -0.05) is 0 Å². The molecule has 27 heavy (non-hydrogen) atoms. The number of benzene rings is 2. The van der Waals surface area contributed by atoms with Gasteiger partial charge in [-0.05, 0) is 24.3 Å². The van der Waals surface area contributed by atoms with E-state index in [0.717, 1.165) is 36.4 Å². The highest BCUT2D eigenvalue weighted by Crippen LogP contribution is 2.34. The molecule has 11 heteroatoms. The summed E-state index contributed by atoms with van der Waals surface area (Å²) in [5.41, 5.74) is -0.617. The average molecular weight is 400 g/mol. The first-order valence-electron chi connectivity index (χ1n) is 7.78. The van der Waals surface area contributed by atoms with E-state index >= 15 is 0 Å². The molecule has 144 valence electrons. The van der Waals surface area contributed by atoms with Crippen molar-refractivity contribution in [1.29, 1.82) is 0 Å². The van der Waals surface area contributed by atoms with Crippen molar-refractivity contribution in [2.24, 2.45) is 0 Å². The van der Waals surface area contributed by atoms with Crippen LogP contribution in [0.4, 0.5) is 14.5 Å². The van der Waals surface area contributed by atoms with E-state index in [2.05, 4.69) is 0 Å². The van der Waals surface area contributed by atoms with Crippen LogP contribution in [0.3, 0.4) is 0 Å². The van der Waals surface area contributed by atoms with E-state index in [1.54, 1.807) is 0 Å². The van der Waals surface area contributed by atoms with Crippen molar-refractivity contribution in [2.75, 3.05) is 26.3 Å². The Hall–Kier alpha value is -2.63. The second-order valence-electron chi connectivity index (χ2n) is 5.58. The van der Waals surface area contributed by atoms with Crippen LogP contribution in [0, 0.1) is 21.7 Å². The van der Waals surface area contributed by atoms with Crippen LogP contribution >= 0.6 is 0 Å². The van der Waals surface area contributed by atoms with Crippen LogP contribution in [0.25, 0.3) is 0 Å². The number of sulfonamides is 1. The molecule has 0 radical (unpaired) electrons. The highest BCUT2D eigenvalue weighted by atomic mass is 32.2. The monoisotopic (exact) mass is 400 g/mol. The molecule has 1 aliphatic rings. The van der Waals surface area contributed by atoms with Gasteiger partial charge in [0.05, 0.1) is 23.0 Å². The highest BCUT2D eigenvalue weighted by molar-refractivity contribution is 7.89. The standard InChI is InChI=1S/C16H14F2N2O6S/c17-13-3-1-11(9-14(13)18)26-16-4-2-12(10-15(16)20(21)22)27(23,24)19-5-7-25-8-6-19/h1-4,9-10H,5-8H2. The molecule has 0 aromatic heterocycles. The maximum atomic E-state index is 13.3. The number of nitrogens with zero attached hydrogens (tertiary/aromatic N) is 2. The average Bonchev–Trinajstić information content (AvgIpc) is 2.65. The zero-order valence-corrected chi connectivity index (χ0v) is 14.6. The van der Waals surface area contributed by atoms with Gasteiger partial charge in [-0.25, -0.2) is 17.2 Å². The molecule has 1 aliphatic heterocycles. The quantitative estimate of drug-likeness (QED) is 0.565. The number of ether oxygens (including phenoxy) is 2. The Labute approximate surface area is 153 Å². The van der Waals surface area contributed by atoms with Crippen LogP contribution in [0.2, 0.25) is 0 Å². The van der Waals surface area contributed by atoms with Gasteiger partial charge in [0.1, 0.15) is 5.75 Å². The molecule has 2 aromatic carbocycles. The fraction of sp³-hybridized carbons (Fsp3) is 0.250. The second-order valence-corrected chi connectivity index (χ2v) is 7.52. The van der Waals surface area contributed by atoms with Gasteiger partial charge in [-0.15, -0.1) is 0 Å². The molecule has 2 aromatic rings. The largest absolute Gasteiger partial charge is 0.450 e. The minimum Gasteiger partial charge on any atom is -0.450 e. The van der Waals surface area contributed by atoms with Crippen LogP contribution in [-0.4, -0.2) is 43.9 Å². The van der Waals surface area contributed by atoms with Gasteiger partial charge < -0.3 is 9.47 Å². The molecule has 0 saturated carbocycles. The lowest BCUT2D eigenvalue weighted by Gasteiger charge is -2.26. The first-order chi connectivity index (χ1) is 12.8. The molecule has 1 saturated heterocycles. The molecule has 0 spiro atoms. The van der Waals surface area contributed by atoms with Crippen molar-refractivity contribution in [3.8, 4) is 11.5 Å². The zero-order chi connectivity index (χ0) is 19.6. The van der Waals surface area contributed by atoms with Gasteiger partial charge in [-0.3, -0.25) is 10.1 Å². The van der Waals surface area contributed by atoms with Crippen molar-refractivity contribution in [2.45, 2.75) is 4.90 Å². The van der Waals surface area contributed by atoms with E-state index in [1.165, 1.54) is 4.31 Å². The molecule has 8 nitrogen and oxygen atoms in total. The van der Waals surface area contributed by atoms with Gasteiger partial charge in [0.25, 0.3) is 0 Å². The number of nitro benzene ring substituents is 1. The maximum absolute atomic E-state index is 13.3. The van der Waals surface area contributed by atoms with Crippen molar-refractivity contribution in [1.82, 2.24) is 4.31 Å². The third-order valence-electron chi connectivity index (χ3n) is 3.85. The predicted octanol–water partition coefficient (Wildman–Crippen LogP) is 2.69. The fourth-order valence-electron chi connectivity index (χ4n) is 2.49. The normalized spacial score (nSPS) is 15.5. The summed E-state index contributed by atoms with van der Waals surface area (Å²) in [7, 11) is -3.94. The molecule has 0 amide bonds. The number of rotatable bonds is 5. The summed E-state index contributed by atoms with van der Waals surface area (Å²) in [6.45, 7) is 0.754. The van der Waals surface area contributed by atoms with Crippen LogP contribution in [0.5, 0.6) is 11.5 Å². The molecular weight excluding hydrogens is 386 g/mol. The maximum Gasteiger partial charge on any atom is 0.312 e. The van der Waals surface area contributed by atoms with E-state index in [4.69, 9.17) is 9.47 Å². The lowest BCUT2D eigenvalue weighted by atomic mass is 10.3. The van der Waals surface area contributed by atoms with E-state index in [0.29, 0.717) is 0 Å². The molecule has 1 heterocycles. The Kier molecular flexibility index (Phi) is 5.35.